The van der Waals surface area contributed by atoms with Crippen molar-refractivity contribution in [3.8, 4) is 0 Å². The number of hydrogen-bond donors (Lipinski definition) is 1. The van der Waals surface area contributed by atoms with Crippen molar-refractivity contribution < 1.29 is 14.3 Å². The normalized spacial score (nSPS) is 12.8. The third-order valence-corrected chi connectivity index (χ3v) is 1.57. The van der Waals surface area contributed by atoms with E-state index in [4.69, 9.17) is 5.73 Å². The van der Waals surface area contributed by atoms with E-state index in [2.05, 4.69) is 4.74 Å². The molecule has 12 heavy (non-hydrogen) atoms. The minimum absolute atomic E-state index is 0.0205. The van der Waals surface area contributed by atoms with Gasteiger partial charge in [-0.3, -0.25) is 9.59 Å². The molecule has 0 radical (unpaired) electrons. The lowest BCUT2D eigenvalue weighted by Crippen LogP contribution is -2.34. The van der Waals surface area contributed by atoms with Crippen molar-refractivity contribution in [1.29, 1.82) is 0 Å². The second-order valence-corrected chi connectivity index (χ2v) is 2.95. The van der Waals surface area contributed by atoms with E-state index in [1.165, 1.54) is 7.11 Å². The van der Waals surface area contributed by atoms with Crippen LogP contribution in [0.15, 0.2) is 0 Å². The van der Waals surface area contributed by atoms with Crippen LogP contribution in [0, 0.1) is 5.92 Å². The van der Waals surface area contributed by atoms with Gasteiger partial charge in [0.15, 0.2) is 0 Å². The van der Waals surface area contributed by atoms with E-state index in [9.17, 15) is 9.59 Å². The Morgan fingerprint density at radius 2 is 1.92 bits per heavy atom. The first-order chi connectivity index (χ1) is 5.49. The highest BCUT2D eigenvalue weighted by atomic mass is 16.5. The van der Waals surface area contributed by atoms with Crippen molar-refractivity contribution in [1.82, 2.24) is 0 Å². The van der Waals surface area contributed by atoms with Gasteiger partial charge in [-0.2, -0.15) is 0 Å². The molecular weight excluding hydrogens is 158 g/mol. The standard InChI is InChI=1S/C8H15NO3/c1-5(2)7(10)4-6(9)8(11)12-3/h5-6H,4,9H2,1-3H3. The van der Waals surface area contributed by atoms with Crippen LogP contribution in [-0.4, -0.2) is 24.9 Å². The molecule has 0 aromatic carbocycles. The molecular formula is C8H15NO3. The van der Waals surface area contributed by atoms with Gasteiger partial charge in [-0.05, 0) is 0 Å². The topological polar surface area (TPSA) is 69.4 Å². The van der Waals surface area contributed by atoms with E-state index in [-0.39, 0.29) is 18.1 Å². The summed E-state index contributed by atoms with van der Waals surface area (Å²) < 4.78 is 4.38. The summed E-state index contributed by atoms with van der Waals surface area (Å²) in [5, 5.41) is 0. The van der Waals surface area contributed by atoms with Crippen LogP contribution < -0.4 is 5.73 Å². The minimum Gasteiger partial charge on any atom is -0.468 e. The van der Waals surface area contributed by atoms with Gasteiger partial charge in [-0.1, -0.05) is 13.8 Å². The molecule has 70 valence electrons. The van der Waals surface area contributed by atoms with E-state index >= 15 is 0 Å². The maximum Gasteiger partial charge on any atom is 0.323 e. The van der Waals surface area contributed by atoms with Gasteiger partial charge < -0.3 is 10.5 Å². The summed E-state index contributed by atoms with van der Waals surface area (Å²) in [5.41, 5.74) is 5.37. The SMILES string of the molecule is COC(=O)C(N)CC(=O)C(C)C. The summed E-state index contributed by atoms with van der Waals surface area (Å²) in [7, 11) is 1.25. The van der Waals surface area contributed by atoms with Gasteiger partial charge in [0.2, 0.25) is 0 Å². The van der Waals surface area contributed by atoms with Crippen molar-refractivity contribution in [2.75, 3.05) is 7.11 Å². The molecule has 0 aromatic rings. The quantitative estimate of drug-likeness (QED) is 0.612. The van der Waals surface area contributed by atoms with Crippen LogP contribution in [0.1, 0.15) is 20.3 Å². The fraction of sp³-hybridized carbons (Fsp3) is 0.750. The van der Waals surface area contributed by atoms with E-state index in [0.717, 1.165) is 0 Å². The Morgan fingerprint density at radius 3 is 2.25 bits per heavy atom. The Kier molecular flexibility index (Phi) is 4.51. The first-order valence-electron chi connectivity index (χ1n) is 3.85. The van der Waals surface area contributed by atoms with Gasteiger partial charge in [-0.15, -0.1) is 0 Å². The number of ether oxygens (including phenoxy) is 1. The van der Waals surface area contributed by atoms with Crippen LogP contribution in [0.25, 0.3) is 0 Å². The first-order valence-corrected chi connectivity index (χ1v) is 3.85. The van der Waals surface area contributed by atoms with E-state index in [1.807, 2.05) is 0 Å². The Labute approximate surface area is 72.1 Å². The van der Waals surface area contributed by atoms with Crippen molar-refractivity contribution in [3.05, 3.63) is 0 Å². The number of methoxy groups -OCH3 is 1. The van der Waals surface area contributed by atoms with Crippen molar-refractivity contribution in [2.45, 2.75) is 26.3 Å². The highest BCUT2D eigenvalue weighted by molar-refractivity contribution is 5.87. The molecule has 2 N–H and O–H groups in total. The van der Waals surface area contributed by atoms with Crippen LogP contribution >= 0.6 is 0 Å². The smallest absolute Gasteiger partial charge is 0.323 e. The van der Waals surface area contributed by atoms with Crippen LogP contribution in [0.2, 0.25) is 0 Å². The fourth-order valence-electron chi connectivity index (χ4n) is 0.687. The Morgan fingerprint density at radius 1 is 1.42 bits per heavy atom. The highest BCUT2D eigenvalue weighted by Gasteiger charge is 2.19. The molecule has 0 fully saturated rings. The molecule has 0 saturated carbocycles. The number of nitrogens with two attached hydrogens (primary N) is 1. The predicted molar refractivity (Wildman–Crippen MR) is 44.5 cm³/mol. The maximum absolute atomic E-state index is 11.1. The average Bonchev–Trinajstić information content (AvgIpc) is 2.02. The molecule has 0 heterocycles. The molecule has 0 spiro atoms. The van der Waals surface area contributed by atoms with Crippen LogP contribution in [-0.2, 0) is 14.3 Å². The summed E-state index contributed by atoms with van der Waals surface area (Å²) in [6.07, 6.45) is 0.0599. The van der Waals surface area contributed by atoms with Crippen LogP contribution in [0.5, 0.6) is 0 Å². The van der Waals surface area contributed by atoms with Crippen LogP contribution in [0.3, 0.4) is 0 Å². The zero-order valence-corrected chi connectivity index (χ0v) is 7.66. The van der Waals surface area contributed by atoms with E-state index < -0.39 is 12.0 Å². The van der Waals surface area contributed by atoms with Gasteiger partial charge in [0.1, 0.15) is 11.8 Å². The summed E-state index contributed by atoms with van der Waals surface area (Å²) in [6.45, 7) is 3.54. The lowest BCUT2D eigenvalue weighted by atomic mass is 10.0. The highest BCUT2D eigenvalue weighted by Crippen LogP contribution is 2.01. The monoisotopic (exact) mass is 173 g/mol. The Bertz CT molecular complexity index is 177. The average molecular weight is 173 g/mol. The summed E-state index contributed by atoms with van der Waals surface area (Å²) in [6, 6.07) is -0.815. The largest absolute Gasteiger partial charge is 0.468 e. The third kappa shape index (κ3) is 3.48. The molecule has 1 unspecified atom stereocenters. The number of carbonyl (C=O) groups is 2. The summed E-state index contributed by atoms with van der Waals surface area (Å²) in [5.74, 6) is -0.641. The molecule has 0 saturated heterocycles. The van der Waals surface area contributed by atoms with Crippen molar-refractivity contribution in [2.24, 2.45) is 11.7 Å². The van der Waals surface area contributed by atoms with Gasteiger partial charge in [0, 0.05) is 12.3 Å². The zero-order valence-electron chi connectivity index (χ0n) is 7.66. The molecule has 0 rings (SSSR count). The molecule has 0 aromatic heterocycles. The number of rotatable bonds is 4. The summed E-state index contributed by atoms with van der Waals surface area (Å²) >= 11 is 0. The number of ketones is 1. The molecule has 0 aliphatic rings. The number of hydrogen-bond acceptors (Lipinski definition) is 4. The second-order valence-electron chi connectivity index (χ2n) is 2.95. The molecule has 0 aliphatic heterocycles. The van der Waals surface area contributed by atoms with Gasteiger partial charge in [0.25, 0.3) is 0 Å². The Hall–Kier alpha value is -0.900. The van der Waals surface area contributed by atoms with Gasteiger partial charge >= 0.3 is 5.97 Å². The van der Waals surface area contributed by atoms with E-state index in [1.54, 1.807) is 13.8 Å². The molecule has 0 aliphatic carbocycles. The zero-order chi connectivity index (χ0) is 9.72. The summed E-state index contributed by atoms with van der Waals surface area (Å²) in [4.78, 5) is 21.9. The van der Waals surface area contributed by atoms with Crippen LogP contribution in [0.4, 0.5) is 0 Å². The molecule has 0 bridgehead atoms. The fourth-order valence-corrected chi connectivity index (χ4v) is 0.687. The van der Waals surface area contributed by atoms with Gasteiger partial charge in [-0.25, -0.2) is 0 Å². The first kappa shape index (κ1) is 11.1. The molecule has 4 heteroatoms. The van der Waals surface area contributed by atoms with E-state index in [0.29, 0.717) is 0 Å². The minimum atomic E-state index is -0.815. The second kappa shape index (κ2) is 4.87. The van der Waals surface area contributed by atoms with Gasteiger partial charge in [0.05, 0.1) is 7.11 Å². The maximum atomic E-state index is 11.1. The lowest BCUT2D eigenvalue weighted by molar-refractivity contribution is -0.143. The number of esters is 1. The molecule has 1 atom stereocenters. The lowest BCUT2D eigenvalue weighted by Gasteiger charge is -2.09. The van der Waals surface area contributed by atoms with Crippen molar-refractivity contribution in [3.63, 3.8) is 0 Å². The third-order valence-electron chi connectivity index (χ3n) is 1.57. The number of Topliss-reactive ketones (excluding diaryl/α,β-unsaturated/α-hetero) is 1. The van der Waals surface area contributed by atoms with Crippen molar-refractivity contribution >= 4 is 11.8 Å². The predicted octanol–water partition coefficient (Wildman–Crippen LogP) is 0.102. The number of carbonyl (C=O) groups excluding carboxylic acids is 2. The Balaban J connectivity index is 3.92. The molecule has 0 amide bonds. The molecule has 4 nitrogen and oxygen atoms in total.